The summed E-state index contributed by atoms with van der Waals surface area (Å²) < 4.78 is 4.38. The molecule has 0 unspecified atom stereocenters. The average Bonchev–Trinajstić information content (AvgIpc) is 3.18. The Kier molecular flexibility index (Phi) is 4.47. The Morgan fingerprint density at radius 1 is 0.846 bits per heavy atom. The molecule has 0 saturated carbocycles. The van der Waals surface area contributed by atoms with E-state index in [9.17, 15) is 5.11 Å². The first-order valence-corrected chi connectivity index (χ1v) is 9.16. The van der Waals surface area contributed by atoms with Crippen LogP contribution in [0, 0.1) is 5.92 Å². The number of para-hydroxylation sites is 4. The van der Waals surface area contributed by atoms with E-state index in [0.717, 1.165) is 40.9 Å². The molecule has 0 amide bonds. The third kappa shape index (κ3) is 2.99. The SMILES string of the molecule is CC(C)CCn1c(Cn2c(CO)nc3ccccc32)nc2ccccc21. The van der Waals surface area contributed by atoms with E-state index in [1.165, 1.54) is 0 Å². The molecule has 2 heterocycles. The van der Waals surface area contributed by atoms with Crippen molar-refractivity contribution in [3.8, 4) is 0 Å². The topological polar surface area (TPSA) is 55.9 Å². The zero-order valence-corrected chi connectivity index (χ0v) is 15.3. The predicted octanol–water partition coefficient (Wildman–Crippen LogP) is 3.97. The smallest absolute Gasteiger partial charge is 0.136 e. The Bertz CT molecular complexity index is 1040. The summed E-state index contributed by atoms with van der Waals surface area (Å²) >= 11 is 0. The molecule has 0 spiro atoms. The van der Waals surface area contributed by atoms with Crippen molar-refractivity contribution in [2.24, 2.45) is 5.92 Å². The largest absolute Gasteiger partial charge is 0.388 e. The van der Waals surface area contributed by atoms with E-state index >= 15 is 0 Å². The number of aryl methyl sites for hydroxylation is 1. The molecule has 134 valence electrons. The maximum Gasteiger partial charge on any atom is 0.136 e. The van der Waals surface area contributed by atoms with Gasteiger partial charge in [0.2, 0.25) is 0 Å². The lowest BCUT2D eigenvalue weighted by molar-refractivity contribution is 0.266. The maximum atomic E-state index is 9.77. The number of aliphatic hydroxyl groups is 1. The number of rotatable bonds is 6. The summed E-state index contributed by atoms with van der Waals surface area (Å²) in [4.78, 5) is 9.44. The molecular formula is C21H24N4O. The number of aliphatic hydroxyl groups excluding tert-OH is 1. The fourth-order valence-corrected chi connectivity index (χ4v) is 3.45. The van der Waals surface area contributed by atoms with Crippen LogP contribution in [0.5, 0.6) is 0 Å². The third-order valence-corrected chi connectivity index (χ3v) is 4.84. The van der Waals surface area contributed by atoms with Crippen LogP contribution in [0.3, 0.4) is 0 Å². The normalized spacial score (nSPS) is 11.8. The summed E-state index contributed by atoms with van der Waals surface area (Å²) in [5.41, 5.74) is 4.11. The van der Waals surface area contributed by atoms with Crippen molar-refractivity contribution >= 4 is 22.1 Å². The lowest BCUT2D eigenvalue weighted by atomic mass is 10.1. The van der Waals surface area contributed by atoms with Crippen LogP contribution in [-0.2, 0) is 19.7 Å². The van der Waals surface area contributed by atoms with Crippen molar-refractivity contribution in [1.82, 2.24) is 19.1 Å². The molecule has 2 aromatic carbocycles. The van der Waals surface area contributed by atoms with Gasteiger partial charge in [-0.15, -0.1) is 0 Å². The fourth-order valence-electron chi connectivity index (χ4n) is 3.45. The summed E-state index contributed by atoms with van der Waals surface area (Å²) in [7, 11) is 0. The van der Waals surface area contributed by atoms with Crippen molar-refractivity contribution in [2.45, 2.75) is 40.0 Å². The van der Waals surface area contributed by atoms with Crippen molar-refractivity contribution in [2.75, 3.05) is 0 Å². The van der Waals surface area contributed by atoms with E-state index in [1.807, 2.05) is 30.3 Å². The zero-order valence-electron chi connectivity index (χ0n) is 15.3. The van der Waals surface area contributed by atoms with Crippen LogP contribution >= 0.6 is 0 Å². The van der Waals surface area contributed by atoms with Gasteiger partial charge < -0.3 is 14.2 Å². The summed E-state index contributed by atoms with van der Waals surface area (Å²) in [6, 6.07) is 16.3. The Labute approximate surface area is 152 Å². The second-order valence-electron chi connectivity index (χ2n) is 7.11. The van der Waals surface area contributed by atoms with Crippen LogP contribution in [-0.4, -0.2) is 24.2 Å². The Morgan fingerprint density at radius 2 is 1.42 bits per heavy atom. The lowest BCUT2D eigenvalue weighted by Crippen LogP contribution is -2.12. The van der Waals surface area contributed by atoms with Crippen LogP contribution in [0.15, 0.2) is 48.5 Å². The number of aromatic nitrogens is 4. The number of nitrogens with zero attached hydrogens (tertiary/aromatic N) is 4. The second kappa shape index (κ2) is 6.92. The molecule has 0 atom stereocenters. The Balaban J connectivity index is 1.81. The van der Waals surface area contributed by atoms with E-state index in [1.54, 1.807) is 0 Å². The van der Waals surface area contributed by atoms with Gasteiger partial charge in [-0.2, -0.15) is 0 Å². The van der Waals surface area contributed by atoms with Crippen LogP contribution < -0.4 is 0 Å². The molecule has 5 nitrogen and oxygen atoms in total. The van der Waals surface area contributed by atoms with E-state index < -0.39 is 0 Å². The van der Waals surface area contributed by atoms with Gasteiger partial charge in [0, 0.05) is 6.54 Å². The highest BCUT2D eigenvalue weighted by Gasteiger charge is 2.15. The summed E-state index contributed by atoms with van der Waals surface area (Å²) in [6.07, 6.45) is 1.10. The van der Waals surface area contributed by atoms with Crippen molar-refractivity contribution in [1.29, 1.82) is 0 Å². The predicted molar refractivity (Wildman–Crippen MR) is 104 cm³/mol. The molecule has 1 N–H and O–H groups in total. The second-order valence-corrected chi connectivity index (χ2v) is 7.11. The fraction of sp³-hybridized carbons (Fsp3) is 0.333. The van der Waals surface area contributed by atoms with Gasteiger partial charge in [-0.25, -0.2) is 9.97 Å². The van der Waals surface area contributed by atoms with Gasteiger partial charge >= 0.3 is 0 Å². The van der Waals surface area contributed by atoms with Gasteiger partial charge in [0.05, 0.1) is 28.6 Å². The molecule has 4 rings (SSSR count). The molecule has 5 heteroatoms. The van der Waals surface area contributed by atoms with Crippen molar-refractivity contribution < 1.29 is 5.11 Å². The first-order valence-electron chi connectivity index (χ1n) is 9.16. The highest BCUT2D eigenvalue weighted by atomic mass is 16.3. The van der Waals surface area contributed by atoms with Crippen LogP contribution in [0.2, 0.25) is 0 Å². The van der Waals surface area contributed by atoms with Gasteiger partial charge in [0.1, 0.15) is 18.3 Å². The van der Waals surface area contributed by atoms with E-state index in [4.69, 9.17) is 4.98 Å². The molecule has 26 heavy (non-hydrogen) atoms. The molecule has 2 aromatic heterocycles. The molecule has 0 aliphatic carbocycles. The lowest BCUT2D eigenvalue weighted by Gasteiger charge is -2.13. The monoisotopic (exact) mass is 348 g/mol. The molecule has 0 fully saturated rings. The highest BCUT2D eigenvalue weighted by Crippen LogP contribution is 2.22. The van der Waals surface area contributed by atoms with E-state index in [0.29, 0.717) is 18.3 Å². The molecule has 0 aliphatic rings. The van der Waals surface area contributed by atoms with Crippen LogP contribution in [0.1, 0.15) is 31.9 Å². The van der Waals surface area contributed by atoms with Gasteiger partial charge in [-0.05, 0) is 36.6 Å². The van der Waals surface area contributed by atoms with Gasteiger partial charge in [-0.1, -0.05) is 38.1 Å². The minimum absolute atomic E-state index is 0.0824. The van der Waals surface area contributed by atoms with E-state index in [2.05, 4.69) is 46.2 Å². The summed E-state index contributed by atoms with van der Waals surface area (Å²) in [5.74, 6) is 2.31. The zero-order chi connectivity index (χ0) is 18.1. The number of hydrogen-bond acceptors (Lipinski definition) is 3. The van der Waals surface area contributed by atoms with Crippen LogP contribution in [0.4, 0.5) is 0 Å². The maximum absolute atomic E-state index is 9.77. The van der Waals surface area contributed by atoms with Crippen LogP contribution in [0.25, 0.3) is 22.1 Å². The third-order valence-electron chi connectivity index (χ3n) is 4.84. The van der Waals surface area contributed by atoms with Gasteiger partial charge in [0.25, 0.3) is 0 Å². The standard InChI is InChI=1S/C21H24N4O/c1-15(2)11-12-24-18-9-5-3-7-16(18)22-20(24)13-25-19-10-6-4-8-17(19)23-21(25)14-26/h3-10,15,26H,11-14H2,1-2H3. The first kappa shape index (κ1) is 16.8. The number of imidazole rings is 2. The number of hydrogen-bond donors (Lipinski definition) is 1. The minimum Gasteiger partial charge on any atom is -0.388 e. The molecular weight excluding hydrogens is 324 g/mol. The Hall–Kier alpha value is -2.66. The van der Waals surface area contributed by atoms with Crippen molar-refractivity contribution in [3.05, 3.63) is 60.2 Å². The van der Waals surface area contributed by atoms with E-state index in [-0.39, 0.29) is 6.61 Å². The average molecular weight is 348 g/mol. The molecule has 4 aromatic rings. The minimum atomic E-state index is -0.0824. The number of benzene rings is 2. The molecule has 0 radical (unpaired) electrons. The Morgan fingerprint density at radius 3 is 2.04 bits per heavy atom. The van der Waals surface area contributed by atoms with Gasteiger partial charge in [-0.3, -0.25) is 0 Å². The quantitative estimate of drug-likeness (QED) is 0.573. The van der Waals surface area contributed by atoms with Crippen molar-refractivity contribution in [3.63, 3.8) is 0 Å². The summed E-state index contributed by atoms with van der Waals surface area (Å²) in [6.45, 7) is 5.94. The molecule has 0 saturated heterocycles. The molecule has 0 bridgehead atoms. The summed E-state index contributed by atoms with van der Waals surface area (Å²) in [5, 5.41) is 9.77. The van der Waals surface area contributed by atoms with Gasteiger partial charge in [0.15, 0.2) is 0 Å². The first-order chi connectivity index (χ1) is 12.7. The highest BCUT2D eigenvalue weighted by molar-refractivity contribution is 5.77. The number of fused-ring (bicyclic) bond motifs is 2. The molecule has 0 aliphatic heterocycles.